The molecule has 3 rings (SSSR count). The topological polar surface area (TPSA) is 64.4 Å². The van der Waals surface area contributed by atoms with Crippen LogP contribution in [0.15, 0.2) is 48.5 Å². The lowest BCUT2D eigenvalue weighted by Gasteiger charge is -2.21. The molecule has 2 unspecified atom stereocenters. The normalized spacial score (nSPS) is 19.7. The van der Waals surface area contributed by atoms with Gasteiger partial charge in [0.05, 0.1) is 6.54 Å². The summed E-state index contributed by atoms with van der Waals surface area (Å²) in [5.74, 6) is 0.454. The monoisotopic (exact) mass is 342 g/mol. The van der Waals surface area contributed by atoms with E-state index in [2.05, 4.69) is 11.4 Å². The quantitative estimate of drug-likeness (QED) is 0.812. The van der Waals surface area contributed by atoms with Crippen LogP contribution in [-0.4, -0.2) is 18.5 Å². The van der Waals surface area contributed by atoms with E-state index in [0.29, 0.717) is 11.5 Å². The van der Waals surface area contributed by atoms with Crippen molar-refractivity contribution in [3.05, 3.63) is 65.5 Å². The summed E-state index contributed by atoms with van der Waals surface area (Å²) in [5, 5.41) is 3.25. The number of nitrogens with one attached hydrogen (secondary N) is 1. The number of rotatable bonds is 7. The van der Waals surface area contributed by atoms with E-state index in [-0.39, 0.29) is 30.9 Å². The van der Waals surface area contributed by atoms with Gasteiger partial charge < -0.3 is 15.8 Å². The Balaban J connectivity index is 1.66. The Bertz CT molecular complexity index is 735. The zero-order valence-corrected chi connectivity index (χ0v) is 14.1. The lowest BCUT2D eigenvalue weighted by molar-refractivity contribution is -0.117. The molecular formula is C20H23FN2O2. The lowest BCUT2D eigenvalue weighted by atomic mass is 9.94. The summed E-state index contributed by atoms with van der Waals surface area (Å²) < 4.78 is 19.5. The number of nitrogens with two attached hydrogens (primary N) is 1. The summed E-state index contributed by atoms with van der Waals surface area (Å²) in [6.45, 7) is 0.398. The summed E-state index contributed by atoms with van der Waals surface area (Å²) in [5.41, 5.74) is 6.94. The Morgan fingerprint density at radius 2 is 2.04 bits per heavy atom. The van der Waals surface area contributed by atoms with Crippen molar-refractivity contribution in [2.24, 2.45) is 5.73 Å². The van der Waals surface area contributed by atoms with Crippen molar-refractivity contribution in [3.8, 4) is 5.75 Å². The fourth-order valence-electron chi connectivity index (χ4n) is 3.45. The van der Waals surface area contributed by atoms with Crippen LogP contribution in [0.5, 0.6) is 5.75 Å². The van der Waals surface area contributed by atoms with Gasteiger partial charge in [-0.3, -0.25) is 4.79 Å². The van der Waals surface area contributed by atoms with Gasteiger partial charge >= 0.3 is 0 Å². The molecule has 2 atom stereocenters. The van der Waals surface area contributed by atoms with Crippen LogP contribution in [0, 0.1) is 5.82 Å². The maximum Gasteiger partial charge on any atom is 0.231 e. The molecule has 25 heavy (non-hydrogen) atoms. The number of hydrogen-bond acceptors (Lipinski definition) is 3. The third kappa shape index (κ3) is 4.57. The standard InChI is InChI=1S/C20H23FN2O2/c21-18-9-2-1-5-15(18)13-25-16-7-3-6-14(11-16)17-8-4-10-19(17)23-12-20(22)24/h1-3,5-7,9,11,17,19,23H,4,8,10,12-13H2,(H2,22,24). The molecule has 3 N–H and O–H groups in total. The Labute approximate surface area is 147 Å². The molecule has 0 aromatic heterocycles. The highest BCUT2D eigenvalue weighted by molar-refractivity contribution is 5.75. The van der Waals surface area contributed by atoms with Gasteiger partial charge in [-0.15, -0.1) is 0 Å². The van der Waals surface area contributed by atoms with Gasteiger partial charge in [-0.1, -0.05) is 36.8 Å². The number of carbonyl (C=O) groups is 1. The van der Waals surface area contributed by atoms with Crippen LogP contribution in [0.2, 0.25) is 0 Å². The van der Waals surface area contributed by atoms with Gasteiger partial charge in [0.15, 0.2) is 0 Å². The summed E-state index contributed by atoms with van der Waals surface area (Å²) in [6, 6.07) is 14.8. The summed E-state index contributed by atoms with van der Waals surface area (Å²) in [6.07, 6.45) is 3.20. The number of ether oxygens (including phenoxy) is 1. The number of amides is 1. The molecule has 0 bridgehead atoms. The van der Waals surface area contributed by atoms with Crippen molar-refractivity contribution in [1.29, 1.82) is 0 Å². The largest absolute Gasteiger partial charge is 0.489 e. The highest BCUT2D eigenvalue weighted by atomic mass is 19.1. The molecule has 1 saturated carbocycles. The minimum Gasteiger partial charge on any atom is -0.489 e. The molecule has 132 valence electrons. The lowest BCUT2D eigenvalue weighted by Crippen LogP contribution is -2.37. The predicted octanol–water partition coefficient (Wildman–Crippen LogP) is 3.12. The van der Waals surface area contributed by atoms with Gasteiger partial charge in [0, 0.05) is 11.6 Å². The molecule has 2 aromatic carbocycles. The van der Waals surface area contributed by atoms with E-state index in [9.17, 15) is 9.18 Å². The Hall–Kier alpha value is -2.40. The average molecular weight is 342 g/mol. The molecule has 0 radical (unpaired) electrons. The maximum atomic E-state index is 13.7. The predicted molar refractivity (Wildman–Crippen MR) is 94.8 cm³/mol. The van der Waals surface area contributed by atoms with Crippen molar-refractivity contribution in [2.45, 2.75) is 37.8 Å². The van der Waals surface area contributed by atoms with Crippen LogP contribution in [0.1, 0.15) is 36.3 Å². The van der Waals surface area contributed by atoms with Crippen molar-refractivity contribution in [3.63, 3.8) is 0 Å². The number of hydrogen-bond donors (Lipinski definition) is 2. The minimum atomic E-state index is -0.340. The third-order valence-electron chi connectivity index (χ3n) is 4.69. The molecule has 0 saturated heterocycles. The summed E-state index contributed by atoms with van der Waals surface area (Å²) in [7, 11) is 0. The smallest absolute Gasteiger partial charge is 0.231 e. The molecule has 1 amide bonds. The van der Waals surface area contributed by atoms with E-state index in [1.165, 1.54) is 11.6 Å². The van der Waals surface area contributed by atoms with E-state index in [1.807, 2.05) is 18.2 Å². The van der Waals surface area contributed by atoms with Crippen molar-refractivity contribution in [2.75, 3.05) is 6.54 Å². The number of primary amides is 1. The maximum absolute atomic E-state index is 13.7. The van der Waals surface area contributed by atoms with E-state index >= 15 is 0 Å². The van der Waals surface area contributed by atoms with Crippen LogP contribution in [0.4, 0.5) is 4.39 Å². The zero-order chi connectivity index (χ0) is 17.6. The van der Waals surface area contributed by atoms with Gasteiger partial charge in [0.2, 0.25) is 5.91 Å². The molecule has 1 fully saturated rings. The molecular weight excluding hydrogens is 319 g/mol. The molecule has 4 nitrogen and oxygen atoms in total. The van der Waals surface area contributed by atoms with Crippen molar-refractivity contribution in [1.82, 2.24) is 5.32 Å². The van der Waals surface area contributed by atoms with E-state index in [0.717, 1.165) is 25.0 Å². The average Bonchev–Trinajstić information content (AvgIpc) is 3.08. The van der Waals surface area contributed by atoms with Crippen molar-refractivity contribution < 1.29 is 13.9 Å². The number of benzene rings is 2. The Morgan fingerprint density at radius 3 is 2.84 bits per heavy atom. The molecule has 0 aliphatic heterocycles. The molecule has 1 aliphatic carbocycles. The number of carbonyl (C=O) groups excluding carboxylic acids is 1. The first-order chi connectivity index (χ1) is 12.1. The van der Waals surface area contributed by atoms with Gasteiger partial charge in [-0.25, -0.2) is 4.39 Å². The fourth-order valence-corrected chi connectivity index (χ4v) is 3.45. The summed E-state index contributed by atoms with van der Waals surface area (Å²) in [4.78, 5) is 11.0. The number of halogens is 1. The molecule has 0 heterocycles. The molecule has 0 spiro atoms. The van der Waals surface area contributed by atoms with Crippen LogP contribution < -0.4 is 15.8 Å². The van der Waals surface area contributed by atoms with E-state index < -0.39 is 0 Å². The van der Waals surface area contributed by atoms with Crippen LogP contribution in [0.25, 0.3) is 0 Å². The molecule has 5 heteroatoms. The fraction of sp³-hybridized carbons (Fsp3) is 0.350. The third-order valence-corrected chi connectivity index (χ3v) is 4.69. The van der Waals surface area contributed by atoms with Gasteiger partial charge in [0.25, 0.3) is 0 Å². The summed E-state index contributed by atoms with van der Waals surface area (Å²) >= 11 is 0. The highest BCUT2D eigenvalue weighted by Gasteiger charge is 2.28. The second kappa shape index (κ2) is 8.12. The zero-order valence-electron chi connectivity index (χ0n) is 14.1. The SMILES string of the molecule is NC(=O)CNC1CCCC1c1cccc(OCc2ccccc2F)c1. The second-order valence-electron chi connectivity index (χ2n) is 6.44. The Kier molecular flexibility index (Phi) is 5.66. The van der Waals surface area contributed by atoms with E-state index in [1.54, 1.807) is 18.2 Å². The minimum absolute atomic E-state index is 0.199. The van der Waals surface area contributed by atoms with E-state index in [4.69, 9.17) is 10.5 Å². The first-order valence-electron chi connectivity index (χ1n) is 8.61. The Morgan fingerprint density at radius 1 is 1.20 bits per heavy atom. The molecule has 2 aromatic rings. The van der Waals surface area contributed by atoms with Gasteiger partial charge in [-0.05, 0) is 42.5 Å². The first-order valence-corrected chi connectivity index (χ1v) is 8.61. The van der Waals surface area contributed by atoms with Crippen LogP contribution in [-0.2, 0) is 11.4 Å². The second-order valence-corrected chi connectivity index (χ2v) is 6.44. The van der Waals surface area contributed by atoms with Crippen molar-refractivity contribution >= 4 is 5.91 Å². The van der Waals surface area contributed by atoms with Crippen LogP contribution >= 0.6 is 0 Å². The van der Waals surface area contributed by atoms with Gasteiger partial charge in [0.1, 0.15) is 18.2 Å². The van der Waals surface area contributed by atoms with Gasteiger partial charge in [-0.2, -0.15) is 0 Å². The first kappa shape index (κ1) is 17.4. The highest BCUT2D eigenvalue weighted by Crippen LogP contribution is 2.36. The molecule has 1 aliphatic rings. The van der Waals surface area contributed by atoms with Crippen LogP contribution in [0.3, 0.4) is 0 Å².